The Morgan fingerprint density at radius 3 is 3.04 bits per heavy atom. The van der Waals surface area contributed by atoms with Gasteiger partial charge in [-0.25, -0.2) is 0 Å². The van der Waals surface area contributed by atoms with Gasteiger partial charge in [0.1, 0.15) is 11.5 Å². The van der Waals surface area contributed by atoms with Crippen molar-refractivity contribution in [1.82, 2.24) is 10.2 Å². The monoisotopic (exact) mass is 356 g/mol. The lowest BCUT2D eigenvalue weighted by Gasteiger charge is -2.32. The lowest BCUT2D eigenvalue weighted by molar-refractivity contribution is 0.0929. The van der Waals surface area contributed by atoms with E-state index in [1.807, 2.05) is 12.1 Å². The van der Waals surface area contributed by atoms with Gasteiger partial charge in [0.2, 0.25) is 0 Å². The predicted octanol–water partition coefficient (Wildman–Crippen LogP) is 3.49. The predicted molar refractivity (Wildman–Crippen MR) is 101 cm³/mol. The molecule has 5 nitrogen and oxygen atoms in total. The standard InChI is InChI=1S/C21H28N2O3/c1-22-21(24)20-11-10-19(26-20)15-23-12-4-6-17(14-23)9-8-16-5-3-7-18(13-16)25-2/h3,5,7,10-11,13,17H,4,6,8-9,12,14-15H2,1-2H3,(H,22,24). The maximum atomic E-state index is 11.6. The van der Waals surface area contributed by atoms with Gasteiger partial charge in [0.15, 0.2) is 5.76 Å². The number of nitrogens with one attached hydrogen (secondary N) is 1. The number of ether oxygens (including phenoxy) is 1. The van der Waals surface area contributed by atoms with Gasteiger partial charge in [-0.3, -0.25) is 9.69 Å². The second kappa shape index (κ2) is 8.90. The smallest absolute Gasteiger partial charge is 0.286 e. The lowest BCUT2D eigenvalue weighted by Crippen LogP contribution is -2.35. The fourth-order valence-electron chi connectivity index (χ4n) is 3.66. The van der Waals surface area contributed by atoms with Crippen LogP contribution in [0.5, 0.6) is 5.75 Å². The third-order valence-electron chi connectivity index (χ3n) is 5.07. The number of benzene rings is 1. The largest absolute Gasteiger partial charge is 0.497 e. The van der Waals surface area contributed by atoms with E-state index in [0.717, 1.165) is 37.6 Å². The third kappa shape index (κ3) is 4.88. The van der Waals surface area contributed by atoms with E-state index in [2.05, 4.69) is 28.4 Å². The molecule has 0 aliphatic carbocycles. The molecular weight excluding hydrogens is 328 g/mol. The Balaban J connectivity index is 1.50. The molecule has 1 atom stereocenters. The number of likely N-dealkylation sites (tertiary alicyclic amines) is 1. The van der Waals surface area contributed by atoms with Crippen molar-refractivity contribution >= 4 is 5.91 Å². The number of nitrogens with zero attached hydrogens (tertiary/aromatic N) is 1. The summed E-state index contributed by atoms with van der Waals surface area (Å²) in [6.45, 7) is 2.94. The molecule has 1 amide bonds. The van der Waals surface area contributed by atoms with Gasteiger partial charge in [-0.05, 0) is 68.0 Å². The molecule has 1 aromatic carbocycles. The molecule has 0 radical (unpaired) electrons. The number of hydrogen-bond acceptors (Lipinski definition) is 4. The maximum absolute atomic E-state index is 11.6. The Bertz CT molecular complexity index is 726. The third-order valence-corrected chi connectivity index (χ3v) is 5.07. The molecule has 0 bridgehead atoms. The number of furan rings is 1. The van der Waals surface area contributed by atoms with E-state index in [0.29, 0.717) is 11.7 Å². The highest BCUT2D eigenvalue weighted by Crippen LogP contribution is 2.24. The lowest BCUT2D eigenvalue weighted by atomic mass is 9.91. The van der Waals surface area contributed by atoms with Gasteiger partial charge in [0.05, 0.1) is 13.7 Å². The zero-order valence-corrected chi connectivity index (χ0v) is 15.7. The van der Waals surface area contributed by atoms with Crippen molar-refractivity contribution in [1.29, 1.82) is 0 Å². The van der Waals surface area contributed by atoms with Crippen LogP contribution >= 0.6 is 0 Å². The second-order valence-corrected chi connectivity index (χ2v) is 6.98. The first-order valence-electron chi connectivity index (χ1n) is 9.34. The summed E-state index contributed by atoms with van der Waals surface area (Å²) in [6.07, 6.45) is 4.76. The molecule has 1 aliphatic heterocycles. The van der Waals surface area contributed by atoms with Crippen LogP contribution in [0.15, 0.2) is 40.8 Å². The van der Waals surface area contributed by atoms with E-state index < -0.39 is 0 Å². The Morgan fingerprint density at radius 1 is 1.35 bits per heavy atom. The molecular formula is C21H28N2O3. The first-order chi connectivity index (χ1) is 12.7. The summed E-state index contributed by atoms with van der Waals surface area (Å²) < 4.78 is 11.0. The van der Waals surface area contributed by atoms with Crippen LogP contribution < -0.4 is 10.1 Å². The normalized spacial score (nSPS) is 17.8. The van der Waals surface area contributed by atoms with Crippen LogP contribution in [0.2, 0.25) is 0 Å². The number of hydrogen-bond donors (Lipinski definition) is 1. The Labute approximate surface area is 155 Å². The topological polar surface area (TPSA) is 54.7 Å². The molecule has 3 rings (SSSR count). The molecule has 5 heteroatoms. The number of amides is 1. The van der Waals surface area contributed by atoms with Crippen molar-refractivity contribution in [2.75, 3.05) is 27.2 Å². The van der Waals surface area contributed by atoms with Crippen LogP contribution in [0, 0.1) is 5.92 Å². The first kappa shape index (κ1) is 18.5. The second-order valence-electron chi connectivity index (χ2n) is 6.98. The van der Waals surface area contributed by atoms with E-state index in [-0.39, 0.29) is 5.91 Å². The van der Waals surface area contributed by atoms with E-state index in [1.165, 1.54) is 24.8 Å². The van der Waals surface area contributed by atoms with Crippen LogP contribution in [-0.4, -0.2) is 38.1 Å². The average molecular weight is 356 g/mol. The molecule has 2 aromatic rings. The van der Waals surface area contributed by atoms with Crippen molar-refractivity contribution < 1.29 is 13.9 Å². The Morgan fingerprint density at radius 2 is 2.23 bits per heavy atom. The molecule has 1 aliphatic rings. The van der Waals surface area contributed by atoms with E-state index >= 15 is 0 Å². The van der Waals surface area contributed by atoms with Crippen LogP contribution in [0.3, 0.4) is 0 Å². The van der Waals surface area contributed by atoms with Gasteiger partial charge >= 0.3 is 0 Å². The van der Waals surface area contributed by atoms with Gasteiger partial charge in [0, 0.05) is 13.6 Å². The van der Waals surface area contributed by atoms with Gasteiger partial charge in [-0.15, -0.1) is 0 Å². The van der Waals surface area contributed by atoms with Crippen molar-refractivity contribution in [3.8, 4) is 5.75 Å². The van der Waals surface area contributed by atoms with Gasteiger partial charge in [0.25, 0.3) is 5.91 Å². The van der Waals surface area contributed by atoms with Crippen LogP contribution in [-0.2, 0) is 13.0 Å². The Hall–Kier alpha value is -2.27. The highest BCUT2D eigenvalue weighted by atomic mass is 16.5. The zero-order chi connectivity index (χ0) is 18.4. The van der Waals surface area contributed by atoms with Crippen LogP contribution in [0.25, 0.3) is 0 Å². The molecule has 2 heterocycles. The molecule has 26 heavy (non-hydrogen) atoms. The molecule has 1 fully saturated rings. The van der Waals surface area contributed by atoms with Crippen molar-refractivity contribution in [3.63, 3.8) is 0 Å². The average Bonchev–Trinajstić information content (AvgIpc) is 3.14. The summed E-state index contributed by atoms with van der Waals surface area (Å²) in [5.41, 5.74) is 1.34. The molecule has 1 aromatic heterocycles. The number of carbonyl (C=O) groups excluding carboxylic acids is 1. The minimum Gasteiger partial charge on any atom is -0.497 e. The van der Waals surface area contributed by atoms with Gasteiger partial charge < -0.3 is 14.5 Å². The Kier molecular flexibility index (Phi) is 6.34. The minimum absolute atomic E-state index is 0.175. The highest BCUT2D eigenvalue weighted by Gasteiger charge is 2.21. The van der Waals surface area contributed by atoms with Crippen molar-refractivity contribution in [2.45, 2.75) is 32.2 Å². The number of piperidine rings is 1. The molecule has 1 N–H and O–H groups in total. The number of methoxy groups -OCH3 is 1. The quantitative estimate of drug-likeness (QED) is 0.825. The number of carbonyl (C=O) groups is 1. The summed E-state index contributed by atoms with van der Waals surface area (Å²) in [7, 11) is 3.32. The fourth-order valence-corrected chi connectivity index (χ4v) is 3.66. The van der Waals surface area contributed by atoms with Gasteiger partial charge in [-0.1, -0.05) is 12.1 Å². The van der Waals surface area contributed by atoms with E-state index in [1.54, 1.807) is 20.2 Å². The van der Waals surface area contributed by atoms with Crippen molar-refractivity contribution in [2.24, 2.45) is 5.92 Å². The maximum Gasteiger partial charge on any atom is 0.286 e. The zero-order valence-electron chi connectivity index (χ0n) is 15.7. The van der Waals surface area contributed by atoms with E-state index in [9.17, 15) is 4.79 Å². The summed E-state index contributed by atoms with van der Waals surface area (Å²) in [5, 5.41) is 2.59. The van der Waals surface area contributed by atoms with Crippen molar-refractivity contribution in [3.05, 3.63) is 53.5 Å². The van der Waals surface area contributed by atoms with Crippen LogP contribution in [0.4, 0.5) is 0 Å². The summed E-state index contributed by atoms with van der Waals surface area (Å²) >= 11 is 0. The van der Waals surface area contributed by atoms with Crippen LogP contribution in [0.1, 0.15) is 41.1 Å². The molecule has 0 saturated carbocycles. The molecule has 1 unspecified atom stereocenters. The number of aryl methyl sites for hydroxylation is 1. The minimum atomic E-state index is -0.175. The highest BCUT2D eigenvalue weighted by molar-refractivity contribution is 5.91. The molecule has 0 spiro atoms. The summed E-state index contributed by atoms with van der Waals surface area (Å²) in [5.74, 6) is 2.69. The summed E-state index contributed by atoms with van der Waals surface area (Å²) in [4.78, 5) is 14.0. The number of rotatable bonds is 7. The molecule has 1 saturated heterocycles. The first-order valence-corrected chi connectivity index (χ1v) is 9.34. The summed E-state index contributed by atoms with van der Waals surface area (Å²) in [6, 6.07) is 12.0. The van der Waals surface area contributed by atoms with E-state index in [4.69, 9.17) is 9.15 Å². The molecule has 140 valence electrons. The SMILES string of the molecule is CNC(=O)c1ccc(CN2CCCC(CCc3cccc(OC)c3)C2)o1. The fraction of sp³-hybridized carbons (Fsp3) is 0.476. The van der Waals surface area contributed by atoms with Gasteiger partial charge in [-0.2, -0.15) is 0 Å².